The number of amides is 1. The Morgan fingerprint density at radius 1 is 1.11 bits per heavy atom. The van der Waals surface area contributed by atoms with E-state index in [1.807, 2.05) is 25.1 Å². The number of nitrogens with zero attached hydrogens (tertiary/aromatic N) is 2. The molecule has 1 unspecified atom stereocenters. The van der Waals surface area contributed by atoms with E-state index in [2.05, 4.69) is 44.1 Å². The fraction of sp³-hybridized carbons (Fsp3) is 0.333. The smallest absolute Gasteiger partial charge is 0.261 e. The normalized spacial score (nSPS) is 17.2. The van der Waals surface area contributed by atoms with Crippen LogP contribution in [0.15, 0.2) is 48.7 Å². The zero-order valence-electron chi connectivity index (χ0n) is 20.2. The first-order chi connectivity index (χ1) is 17.0. The monoisotopic (exact) mass is 472 g/mol. The number of hydrogen-bond acceptors (Lipinski definition) is 7. The number of carbonyl (C=O) groups excluding carboxylic acids is 1. The number of aryl methyl sites for hydroxylation is 1. The van der Waals surface area contributed by atoms with Gasteiger partial charge in [-0.2, -0.15) is 0 Å². The lowest BCUT2D eigenvalue weighted by molar-refractivity contribution is 0.102. The van der Waals surface area contributed by atoms with E-state index >= 15 is 0 Å². The summed E-state index contributed by atoms with van der Waals surface area (Å²) in [5.41, 5.74) is 5.35. The highest BCUT2D eigenvalue weighted by molar-refractivity contribution is 6.15. The minimum absolute atomic E-state index is 0.157. The van der Waals surface area contributed by atoms with E-state index in [4.69, 9.17) is 0 Å². The Hall–Kier alpha value is -3.62. The molecule has 1 atom stereocenters. The lowest BCUT2D eigenvalue weighted by Gasteiger charge is -2.23. The summed E-state index contributed by atoms with van der Waals surface area (Å²) in [6.45, 7) is 8.16. The van der Waals surface area contributed by atoms with E-state index in [1.54, 1.807) is 24.4 Å². The molecule has 1 aromatic heterocycles. The van der Waals surface area contributed by atoms with E-state index in [9.17, 15) is 9.90 Å². The average Bonchev–Trinajstić information content (AvgIpc) is 3.24. The van der Waals surface area contributed by atoms with Crippen LogP contribution < -0.4 is 21.3 Å². The number of fused-ring (bicyclic) bond motifs is 2. The van der Waals surface area contributed by atoms with Gasteiger partial charge in [0.2, 0.25) is 0 Å². The number of phenols is 1. The Labute approximate surface area is 205 Å². The zero-order valence-corrected chi connectivity index (χ0v) is 20.2. The number of aromatic hydroxyl groups is 1. The molecule has 8 heteroatoms. The number of hydrogen-bond donors (Lipinski definition) is 5. The molecule has 0 spiro atoms. The molecule has 5 rings (SSSR count). The summed E-state index contributed by atoms with van der Waals surface area (Å²) < 4.78 is 0. The fourth-order valence-corrected chi connectivity index (χ4v) is 4.93. The van der Waals surface area contributed by atoms with Crippen molar-refractivity contribution in [2.24, 2.45) is 0 Å². The molecular formula is C27H32N6O2. The van der Waals surface area contributed by atoms with Gasteiger partial charge in [0.1, 0.15) is 17.1 Å². The summed E-state index contributed by atoms with van der Waals surface area (Å²) in [7, 11) is 0. The van der Waals surface area contributed by atoms with Crippen molar-refractivity contribution < 1.29 is 9.90 Å². The van der Waals surface area contributed by atoms with Crippen molar-refractivity contribution in [2.75, 3.05) is 35.6 Å². The molecular weight excluding hydrogens is 440 g/mol. The maximum atomic E-state index is 13.3. The van der Waals surface area contributed by atoms with E-state index in [-0.39, 0.29) is 11.7 Å². The highest BCUT2D eigenvalue weighted by Gasteiger charge is 2.25. The van der Waals surface area contributed by atoms with Gasteiger partial charge in [-0.15, -0.1) is 0 Å². The number of carbonyl (C=O) groups is 1. The van der Waals surface area contributed by atoms with Crippen molar-refractivity contribution in [2.45, 2.75) is 39.3 Å². The van der Waals surface area contributed by atoms with Gasteiger partial charge in [0.05, 0.1) is 17.1 Å². The van der Waals surface area contributed by atoms with Crippen LogP contribution in [0.2, 0.25) is 0 Å². The van der Waals surface area contributed by atoms with Gasteiger partial charge < -0.3 is 26.4 Å². The molecule has 2 aliphatic heterocycles. The third kappa shape index (κ3) is 4.94. The Balaban J connectivity index is 1.33. The summed E-state index contributed by atoms with van der Waals surface area (Å²) >= 11 is 0. The zero-order chi connectivity index (χ0) is 24.4. The average molecular weight is 473 g/mol. The van der Waals surface area contributed by atoms with Crippen molar-refractivity contribution in [3.05, 3.63) is 65.4 Å². The number of pyridine rings is 1. The second-order valence-electron chi connectivity index (χ2n) is 9.22. The lowest BCUT2D eigenvalue weighted by atomic mass is 10.1. The van der Waals surface area contributed by atoms with Crippen LogP contribution in [-0.2, 0) is 6.54 Å². The van der Waals surface area contributed by atoms with Gasteiger partial charge in [-0.3, -0.25) is 9.69 Å². The minimum Gasteiger partial charge on any atom is -0.508 e. The van der Waals surface area contributed by atoms with Gasteiger partial charge >= 0.3 is 0 Å². The second-order valence-corrected chi connectivity index (χ2v) is 9.22. The number of likely N-dealkylation sites (N-methyl/N-ethyl adjacent to an activating group) is 1. The number of benzene rings is 2. The SMILES string of the molecule is CCN1CCCC1CNCc1ccc2c(c1)NC(=O)c1c(Nc3cc(O)ccc3C)ccnc1N2. The second kappa shape index (κ2) is 9.93. The van der Waals surface area contributed by atoms with Crippen LogP contribution in [0, 0.1) is 6.92 Å². The summed E-state index contributed by atoms with van der Waals surface area (Å²) in [5, 5.41) is 23.1. The third-order valence-corrected chi connectivity index (χ3v) is 6.87. The van der Waals surface area contributed by atoms with Crippen molar-refractivity contribution in [3.63, 3.8) is 0 Å². The summed E-state index contributed by atoms with van der Waals surface area (Å²) in [4.78, 5) is 20.3. The Morgan fingerprint density at radius 2 is 2.00 bits per heavy atom. The van der Waals surface area contributed by atoms with E-state index in [1.165, 1.54) is 19.4 Å². The molecule has 0 aliphatic carbocycles. The minimum atomic E-state index is -0.241. The molecule has 1 fully saturated rings. The molecule has 0 bridgehead atoms. The van der Waals surface area contributed by atoms with Gasteiger partial charge in [-0.05, 0) is 68.2 Å². The predicted molar refractivity (Wildman–Crippen MR) is 140 cm³/mol. The summed E-state index contributed by atoms with van der Waals surface area (Å²) in [6, 6.07) is 13.5. The number of aromatic nitrogens is 1. The Bertz CT molecular complexity index is 1240. The quantitative estimate of drug-likeness (QED) is 0.339. The van der Waals surface area contributed by atoms with Gasteiger partial charge in [0.25, 0.3) is 5.91 Å². The summed E-state index contributed by atoms with van der Waals surface area (Å²) in [6.07, 6.45) is 4.17. The highest BCUT2D eigenvalue weighted by atomic mass is 16.3. The van der Waals surface area contributed by atoms with Crippen LogP contribution >= 0.6 is 0 Å². The van der Waals surface area contributed by atoms with Crippen LogP contribution in [0.3, 0.4) is 0 Å². The van der Waals surface area contributed by atoms with Crippen LogP contribution in [0.4, 0.5) is 28.6 Å². The molecule has 182 valence electrons. The maximum absolute atomic E-state index is 13.3. The molecule has 2 aliphatic rings. The highest BCUT2D eigenvalue weighted by Crippen LogP contribution is 2.36. The molecule has 1 amide bonds. The van der Waals surface area contributed by atoms with Crippen LogP contribution in [-0.4, -0.2) is 46.6 Å². The number of nitrogens with one attached hydrogen (secondary N) is 4. The van der Waals surface area contributed by atoms with E-state index in [0.717, 1.165) is 47.8 Å². The molecule has 2 aromatic carbocycles. The number of phenolic OH excluding ortho intramolecular Hbond substituents is 1. The largest absolute Gasteiger partial charge is 0.508 e. The molecule has 5 N–H and O–H groups in total. The first-order valence-electron chi connectivity index (χ1n) is 12.2. The van der Waals surface area contributed by atoms with Crippen LogP contribution in [0.1, 0.15) is 41.3 Å². The predicted octanol–water partition coefficient (Wildman–Crippen LogP) is 4.72. The van der Waals surface area contributed by atoms with Crippen molar-refractivity contribution in [3.8, 4) is 5.75 Å². The maximum Gasteiger partial charge on any atom is 0.261 e. The molecule has 3 aromatic rings. The van der Waals surface area contributed by atoms with Gasteiger partial charge in [-0.25, -0.2) is 4.98 Å². The number of likely N-dealkylation sites (tertiary alicyclic amines) is 1. The molecule has 3 heterocycles. The van der Waals surface area contributed by atoms with E-state index < -0.39 is 0 Å². The first kappa shape index (κ1) is 23.1. The molecule has 35 heavy (non-hydrogen) atoms. The van der Waals surface area contributed by atoms with Crippen molar-refractivity contribution in [1.82, 2.24) is 15.2 Å². The molecule has 0 radical (unpaired) electrons. The van der Waals surface area contributed by atoms with Crippen LogP contribution in [0.25, 0.3) is 0 Å². The third-order valence-electron chi connectivity index (χ3n) is 6.87. The topological polar surface area (TPSA) is 102 Å². The van der Waals surface area contributed by atoms with Crippen molar-refractivity contribution >= 4 is 34.5 Å². The number of anilines is 5. The van der Waals surface area contributed by atoms with Gasteiger partial charge in [0, 0.05) is 37.1 Å². The van der Waals surface area contributed by atoms with Crippen molar-refractivity contribution in [1.29, 1.82) is 0 Å². The Kier molecular flexibility index (Phi) is 6.57. The number of rotatable bonds is 7. The van der Waals surface area contributed by atoms with E-state index in [0.29, 0.717) is 23.1 Å². The lowest BCUT2D eigenvalue weighted by Crippen LogP contribution is -2.37. The van der Waals surface area contributed by atoms with Crippen LogP contribution in [0.5, 0.6) is 5.75 Å². The molecule has 0 saturated carbocycles. The molecule has 1 saturated heterocycles. The standard InChI is InChI=1S/C27H32N6O2/c1-3-33-12-4-5-19(33)16-28-15-18-7-9-21-24(13-18)32-27(35)25-22(10-11-29-26(25)31-21)30-23-14-20(34)8-6-17(23)2/h6-11,13-14,19,28,34H,3-5,12,15-16H2,1-2H3,(H,32,35)(H2,29,30,31). The van der Waals surface area contributed by atoms with Gasteiger partial charge in [-0.1, -0.05) is 19.1 Å². The first-order valence-corrected chi connectivity index (χ1v) is 12.2. The fourth-order valence-electron chi connectivity index (χ4n) is 4.93. The Morgan fingerprint density at radius 3 is 2.86 bits per heavy atom. The molecule has 8 nitrogen and oxygen atoms in total. The summed E-state index contributed by atoms with van der Waals surface area (Å²) in [5.74, 6) is 0.398. The van der Waals surface area contributed by atoms with Gasteiger partial charge in [0.15, 0.2) is 0 Å².